The van der Waals surface area contributed by atoms with Crippen molar-refractivity contribution in [3.63, 3.8) is 0 Å². The van der Waals surface area contributed by atoms with E-state index in [4.69, 9.17) is 11.6 Å². The number of anilines is 1. The number of nitrogens with zero attached hydrogens (tertiary/aromatic N) is 3. The molecule has 1 fully saturated rings. The van der Waals surface area contributed by atoms with Crippen molar-refractivity contribution in [1.29, 1.82) is 0 Å². The van der Waals surface area contributed by atoms with Crippen LogP contribution in [0, 0.1) is 5.92 Å². The zero-order chi connectivity index (χ0) is 23.4. The third-order valence-electron chi connectivity index (χ3n) is 5.72. The van der Waals surface area contributed by atoms with Crippen molar-refractivity contribution in [2.75, 3.05) is 18.0 Å². The molecular formula is C24H22ClF3N4O. The molecule has 3 aromatic rings. The molecule has 0 saturated carbocycles. The van der Waals surface area contributed by atoms with Crippen molar-refractivity contribution in [2.24, 2.45) is 5.92 Å². The van der Waals surface area contributed by atoms with Gasteiger partial charge in [-0.2, -0.15) is 13.2 Å². The monoisotopic (exact) mass is 474 g/mol. The van der Waals surface area contributed by atoms with Gasteiger partial charge in [-0.15, -0.1) is 0 Å². The number of hydrogen-bond acceptors (Lipinski definition) is 4. The Balaban J connectivity index is 1.43. The normalized spacial score (nSPS) is 15.8. The highest BCUT2D eigenvalue weighted by Gasteiger charge is 2.33. The second kappa shape index (κ2) is 9.79. The Bertz CT molecular complexity index is 1050. The van der Waals surface area contributed by atoms with E-state index in [-0.39, 0.29) is 22.9 Å². The summed E-state index contributed by atoms with van der Waals surface area (Å²) in [5.74, 6) is -0.01000. The van der Waals surface area contributed by atoms with Crippen molar-refractivity contribution >= 4 is 23.3 Å². The molecule has 2 aromatic heterocycles. The van der Waals surface area contributed by atoms with E-state index in [1.165, 1.54) is 0 Å². The number of aromatic nitrogens is 2. The fraction of sp³-hybridized carbons (Fsp3) is 0.292. The van der Waals surface area contributed by atoms with E-state index in [1.807, 2.05) is 53.4 Å². The SMILES string of the molecule is O=C(NC(c1ccccc1)c1ccccn1)C1CCN(c2ncc(C(F)(F)F)cc2Cl)CC1. The quantitative estimate of drug-likeness (QED) is 0.547. The molecule has 5 nitrogen and oxygen atoms in total. The Morgan fingerprint density at radius 2 is 1.76 bits per heavy atom. The van der Waals surface area contributed by atoms with Crippen LogP contribution in [0.25, 0.3) is 0 Å². The van der Waals surface area contributed by atoms with Crippen LogP contribution in [0.15, 0.2) is 67.0 Å². The first-order valence-electron chi connectivity index (χ1n) is 10.6. The number of carbonyl (C=O) groups is 1. The van der Waals surface area contributed by atoms with Crippen LogP contribution in [0.2, 0.25) is 5.02 Å². The highest BCUT2D eigenvalue weighted by atomic mass is 35.5. The molecule has 9 heteroatoms. The maximum atomic E-state index is 13.1. The number of piperidine rings is 1. The van der Waals surface area contributed by atoms with E-state index in [2.05, 4.69) is 15.3 Å². The summed E-state index contributed by atoms with van der Waals surface area (Å²) < 4.78 is 38.6. The molecule has 0 aliphatic carbocycles. The van der Waals surface area contributed by atoms with Gasteiger partial charge in [0.15, 0.2) is 0 Å². The maximum absolute atomic E-state index is 13.1. The van der Waals surface area contributed by atoms with Gasteiger partial charge < -0.3 is 10.2 Å². The highest BCUT2D eigenvalue weighted by molar-refractivity contribution is 6.33. The molecule has 172 valence electrons. The maximum Gasteiger partial charge on any atom is 0.417 e. The van der Waals surface area contributed by atoms with E-state index in [9.17, 15) is 18.0 Å². The van der Waals surface area contributed by atoms with Gasteiger partial charge in [0.1, 0.15) is 5.82 Å². The van der Waals surface area contributed by atoms with Gasteiger partial charge in [0, 0.05) is 31.4 Å². The first-order chi connectivity index (χ1) is 15.8. The van der Waals surface area contributed by atoms with E-state index in [0.717, 1.165) is 23.5 Å². The minimum atomic E-state index is -4.50. The van der Waals surface area contributed by atoms with Crippen LogP contribution in [0.4, 0.5) is 19.0 Å². The lowest BCUT2D eigenvalue weighted by Crippen LogP contribution is -2.42. The Kier molecular flexibility index (Phi) is 6.83. The van der Waals surface area contributed by atoms with Crippen LogP contribution in [0.3, 0.4) is 0 Å². The molecule has 0 spiro atoms. The zero-order valence-electron chi connectivity index (χ0n) is 17.6. The van der Waals surface area contributed by atoms with Crippen LogP contribution in [-0.4, -0.2) is 29.0 Å². The topological polar surface area (TPSA) is 58.1 Å². The zero-order valence-corrected chi connectivity index (χ0v) is 18.4. The molecule has 1 amide bonds. The molecule has 33 heavy (non-hydrogen) atoms. The molecule has 0 bridgehead atoms. The summed E-state index contributed by atoms with van der Waals surface area (Å²) in [7, 11) is 0. The van der Waals surface area contributed by atoms with E-state index >= 15 is 0 Å². The van der Waals surface area contributed by atoms with Crippen molar-refractivity contribution in [2.45, 2.75) is 25.1 Å². The van der Waals surface area contributed by atoms with Crippen LogP contribution >= 0.6 is 11.6 Å². The molecule has 4 rings (SSSR count). The number of alkyl halides is 3. The van der Waals surface area contributed by atoms with Crippen LogP contribution in [0.5, 0.6) is 0 Å². The molecule has 3 heterocycles. The van der Waals surface area contributed by atoms with Crippen molar-refractivity contribution in [3.8, 4) is 0 Å². The van der Waals surface area contributed by atoms with Gasteiger partial charge in [0.25, 0.3) is 0 Å². The Morgan fingerprint density at radius 1 is 1.06 bits per heavy atom. The third kappa shape index (κ3) is 5.45. The molecule has 1 saturated heterocycles. The minimum Gasteiger partial charge on any atom is -0.355 e. The first-order valence-corrected chi connectivity index (χ1v) is 10.9. The predicted octanol–water partition coefficient (Wildman–Crippen LogP) is 5.27. The fourth-order valence-corrected chi connectivity index (χ4v) is 4.24. The third-order valence-corrected chi connectivity index (χ3v) is 6.00. The lowest BCUT2D eigenvalue weighted by atomic mass is 9.94. The first kappa shape index (κ1) is 23.0. The van der Waals surface area contributed by atoms with Gasteiger partial charge in [-0.25, -0.2) is 4.98 Å². The summed E-state index contributed by atoms with van der Waals surface area (Å²) in [5.41, 5.74) is 0.796. The standard InChI is InChI=1S/C24H22ClF3N4O/c25-19-14-18(24(26,27)28)15-30-22(19)32-12-9-17(10-13-32)23(33)31-21(16-6-2-1-3-7-16)20-8-4-5-11-29-20/h1-8,11,14-15,17,21H,9-10,12-13H2,(H,31,33). The lowest BCUT2D eigenvalue weighted by Gasteiger charge is -2.33. The van der Waals surface area contributed by atoms with Crippen molar-refractivity contribution < 1.29 is 18.0 Å². The number of rotatable bonds is 5. The average Bonchev–Trinajstić information content (AvgIpc) is 2.83. The molecule has 1 aliphatic rings. The second-order valence-corrected chi connectivity index (χ2v) is 8.30. The highest BCUT2D eigenvalue weighted by Crippen LogP contribution is 2.35. The fourth-order valence-electron chi connectivity index (χ4n) is 3.95. The summed E-state index contributed by atoms with van der Waals surface area (Å²) in [6, 6.07) is 15.7. The summed E-state index contributed by atoms with van der Waals surface area (Å²) >= 11 is 6.08. The minimum absolute atomic E-state index is 0.0491. The van der Waals surface area contributed by atoms with E-state index in [1.54, 1.807) is 6.20 Å². The van der Waals surface area contributed by atoms with Crippen LogP contribution < -0.4 is 10.2 Å². The number of halogens is 4. The molecule has 1 aromatic carbocycles. The van der Waals surface area contributed by atoms with Gasteiger partial charge in [-0.3, -0.25) is 9.78 Å². The van der Waals surface area contributed by atoms with E-state index < -0.39 is 11.7 Å². The van der Waals surface area contributed by atoms with Crippen LogP contribution in [0.1, 0.15) is 35.7 Å². The Hall–Kier alpha value is -3.13. The number of carbonyl (C=O) groups excluding carboxylic acids is 1. The predicted molar refractivity (Wildman–Crippen MR) is 120 cm³/mol. The lowest BCUT2D eigenvalue weighted by molar-refractivity contribution is -0.137. The molecule has 1 atom stereocenters. The molecular weight excluding hydrogens is 453 g/mol. The van der Waals surface area contributed by atoms with Gasteiger partial charge >= 0.3 is 6.18 Å². The largest absolute Gasteiger partial charge is 0.417 e. The molecule has 1 unspecified atom stereocenters. The molecule has 1 aliphatic heterocycles. The number of benzene rings is 1. The number of hydrogen-bond donors (Lipinski definition) is 1. The van der Waals surface area contributed by atoms with Gasteiger partial charge in [-0.05, 0) is 36.6 Å². The van der Waals surface area contributed by atoms with Gasteiger partial charge in [-0.1, -0.05) is 48.0 Å². The smallest absolute Gasteiger partial charge is 0.355 e. The Labute approximate surface area is 194 Å². The number of nitrogens with one attached hydrogen (secondary N) is 1. The van der Waals surface area contributed by atoms with Crippen molar-refractivity contribution in [1.82, 2.24) is 15.3 Å². The number of amides is 1. The second-order valence-electron chi connectivity index (χ2n) is 7.90. The summed E-state index contributed by atoms with van der Waals surface area (Å²) in [5, 5.41) is 3.07. The summed E-state index contributed by atoms with van der Waals surface area (Å²) in [6.45, 7) is 0.936. The molecule has 1 N–H and O–H groups in total. The van der Waals surface area contributed by atoms with E-state index in [0.29, 0.717) is 31.7 Å². The van der Waals surface area contributed by atoms with Crippen molar-refractivity contribution in [3.05, 3.63) is 88.8 Å². The van der Waals surface area contributed by atoms with Crippen LogP contribution in [-0.2, 0) is 11.0 Å². The molecule has 0 radical (unpaired) electrons. The summed E-state index contributed by atoms with van der Waals surface area (Å²) in [6.07, 6.45) is -0.944. The number of pyridine rings is 2. The van der Waals surface area contributed by atoms with Gasteiger partial charge in [0.2, 0.25) is 5.91 Å². The van der Waals surface area contributed by atoms with Gasteiger partial charge in [0.05, 0.1) is 22.3 Å². The Morgan fingerprint density at radius 3 is 2.36 bits per heavy atom. The summed E-state index contributed by atoms with van der Waals surface area (Å²) in [4.78, 5) is 23.3. The average molecular weight is 475 g/mol.